The third-order valence-electron chi connectivity index (χ3n) is 4.64. The van der Waals surface area contributed by atoms with E-state index in [2.05, 4.69) is 9.97 Å². The average molecular weight is 341 g/mol. The van der Waals surface area contributed by atoms with Gasteiger partial charge >= 0.3 is 0 Å². The molecular formula is C16H21F2N3O3. The standard InChI is InChI=1S/C16H21F2N3O3/c1-10-8-13(22)20-14(19-10)12-9-21(6-7-24-12)15(23)11-2-4-16(17,18)5-3-11/h8,11-12H,2-7,9H2,1H3,(H,19,20,22)/t12-/m0/s1. The number of aromatic nitrogens is 2. The van der Waals surface area contributed by atoms with Gasteiger partial charge in [-0.3, -0.25) is 9.59 Å². The zero-order valence-electron chi connectivity index (χ0n) is 13.6. The largest absolute Gasteiger partial charge is 0.367 e. The first-order valence-electron chi connectivity index (χ1n) is 8.20. The first-order valence-corrected chi connectivity index (χ1v) is 8.20. The first kappa shape index (κ1) is 17.0. The zero-order chi connectivity index (χ0) is 17.3. The fourth-order valence-corrected chi connectivity index (χ4v) is 3.31. The molecule has 0 bridgehead atoms. The number of nitrogens with one attached hydrogen (secondary N) is 1. The van der Waals surface area contributed by atoms with E-state index in [9.17, 15) is 18.4 Å². The van der Waals surface area contributed by atoms with Gasteiger partial charge in [0.2, 0.25) is 11.8 Å². The molecule has 3 rings (SSSR count). The Bertz CT molecular complexity index is 667. The Labute approximate surface area is 138 Å². The number of halogens is 2. The minimum Gasteiger partial charge on any atom is -0.367 e. The third-order valence-corrected chi connectivity index (χ3v) is 4.64. The molecule has 0 unspecified atom stereocenters. The molecule has 2 fully saturated rings. The van der Waals surface area contributed by atoms with Crippen molar-refractivity contribution in [3.05, 3.63) is 27.9 Å². The number of aromatic amines is 1. The normalized spacial score (nSPS) is 24.8. The molecule has 1 atom stereocenters. The van der Waals surface area contributed by atoms with Crippen LogP contribution in [0.25, 0.3) is 0 Å². The molecule has 0 spiro atoms. The van der Waals surface area contributed by atoms with Crippen molar-refractivity contribution in [2.24, 2.45) is 5.92 Å². The SMILES string of the molecule is Cc1cc(=O)[nH]c([C@@H]2CN(C(=O)C3CCC(F)(F)CC3)CCO2)n1. The van der Waals surface area contributed by atoms with Crippen LogP contribution in [0.1, 0.15) is 43.3 Å². The Morgan fingerprint density at radius 1 is 1.42 bits per heavy atom. The van der Waals surface area contributed by atoms with Gasteiger partial charge in [-0.1, -0.05) is 0 Å². The van der Waals surface area contributed by atoms with Gasteiger partial charge in [0.25, 0.3) is 5.56 Å². The summed E-state index contributed by atoms with van der Waals surface area (Å²) < 4.78 is 32.1. The van der Waals surface area contributed by atoms with Crippen molar-refractivity contribution < 1.29 is 18.3 Å². The lowest BCUT2D eigenvalue weighted by Crippen LogP contribution is -2.46. The van der Waals surface area contributed by atoms with Crippen LogP contribution in [-0.2, 0) is 9.53 Å². The fraction of sp³-hybridized carbons (Fsp3) is 0.688. The summed E-state index contributed by atoms with van der Waals surface area (Å²) in [6, 6.07) is 1.39. The molecule has 132 valence electrons. The van der Waals surface area contributed by atoms with Crippen LogP contribution >= 0.6 is 0 Å². The van der Waals surface area contributed by atoms with E-state index in [0.717, 1.165) is 0 Å². The Kier molecular flexibility index (Phi) is 4.67. The van der Waals surface area contributed by atoms with Crippen LogP contribution in [0.4, 0.5) is 8.78 Å². The number of H-pyrrole nitrogens is 1. The van der Waals surface area contributed by atoms with Gasteiger partial charge in [-0.25, -0.2) is 13.8 Å². The molecule has 24 heavy (non-hydrogen) atoms. The molecule has 0 radical (unpaired) electrons. The average Bonchev–Trinajstić information content (AvgIpc) is 2.53. The smallest absolute Gasteiger partial charge is 0.251 e. The maximum absolute atomic E-state index is 13.3. The lowest BCUT2D eigenvalue weighted by Gasteiger charge is -2.36. The van der Waals surface area contributed by atoms with Crippen LogP contribution in [0.3, 0.4) is 0 Å². The molecule has 0 aromatic carbocycles. The van der Waals surface area contributed by atoms with Crippen LogP contribution in [0.5, 0.6) is 0 Å². The van der Waals surface area contributed by atoms with E-state index in [1.807, 2.05) is 0 Å². The number of hydrogen-bond donors (Lipinski definition) is 1. The number of nitrogens with zero attached hydrogens (tertiary/aromatic N) is 2. The summed E-state index contributed by atoms with van der Waals surface area (Å²) in [7, 11) is 0. The van der Waals surface area contributed by atoms with E-state index in [1.165, 1.54) is 6.07 Å². The Morgan fingerprint density at radius 3 is 2.79 bits per heavy atom. The molecule has 1 saturated heterocycles. The predicted octanol–water partition coefficient (Wildman–Crippen LogP) is 1.80. The summed E-state index contributed by atoms with van der Waals surface area (Å²) in [5.41, 5.74) is 0.314. The van der Waals surface area contributed by atoms with Gasteiger partial charge in [-0.2, -0.15) is 0 Å². The van der Waals surface area contributed by atoms with Gasteiger partial charge in [0.05, 0.1) is 13.2 Å². The summed E-state index contributed by atoms with van der Waals surface area (Å²) in [6.45, 7) is 2.75. The summed E-state index contributed by atoms with van der Waals surface area (Å²) in [5.74, 6) is -2.70. The van der Waals surface area contributed by atoms with Crippen LogP contribution < -0.4 is 5.56 Å². The Balaban J connectivity index is 1.67. The molecule has 6 nitrogen and oxygen atoms in total. The van der Waals surface area contributed by atoms with Gasteiger partial charge < -0.3 is 14.6 Å². The fourth-order valence-electron chi connectivity index (χ4n) is 3.31. The first-order chi connectivity index (χ1) is 11.3. The zero-order valence-corrected chi connectivity index (χ0v) is 13.6. The minimum absolute atomic E-state index is 0.103. The van der Waals surface area contributed by atoms with Crippen molar-refractivity contribution in [3.8, 4) is 0 Å². The summed E-state index contributed by atoms with van der Waals surface area (Å²) in [4.78, 5) is 32.7. The van der Waals surface area contributed by atoms with Crippen LogP contribution in [0, 0.1) is 12.8 Å². The number of aryl methyl sites for hydroxylation is 1. The quantitative estimate of drug-likeness (QED) is 0.890. The molecule has 1 aromatic rings. The molecule has 2 aliphatic rings. The Hall–Kier alpha value is -1.83. The predicted molar refractivity (Wildman–Crippen MR) is 81.8 cm³/mol. The molecule has 1 aromatic heterocycles. The van der Waals surface area contributed by atoms with E-state index in [-0.39, 0.29) is 49.6 Å². The van der Waals surface area contributed by atoms with Gasteiger partial charge in [0.1, 0.15) is 11.9 Å². The second-order valence-corrected chi connectivity index (χ2v) is 6.55. The molecule has 1 N–H and O–H groups in total. The monoisotopic (exact) mass is 341 g/mol. The van der Waals surface area contributed by atoms with E-state index in [0.29, 0.717) is 24.7 Å². The molecule has 1 aliphatic carbocycles. The number of hydrogen-bond acceptors (Lipinski definition) is 4. The highest BCUT2D eigenvalue weighted by Gasteiger charge is 2.39. The van der Waals surface area contributed by atoms with Crippen LogP contribution in [0.2, 0.25) is 0 Å². The summed E-state index contributed by atoms with van der Waals surface area (Å²) in [5, 5.41) is 0. The number of morpholine rings is 1. The highest BCUT2D eigenvalue weighted by Crippen LogP contribution is 2.37. The van der Waals surface area contributed by atoms with Gasteiger partial charge in [0, 0.05) is 37.1 Å². The summed E-state index contributed by atoms with van der Waals surface area (Å²) in [6.07, 6.45) is -0.533. The molecule has 1 amide bonds. The van der Waals surface area contributed by atoms with E-state index in [4.69, 9.17) is 4.74 Å². The van der Waals surface area contributed by atoms with Gasteiger partial charge in [0.15, 0.2) is 0 Å². The number of amides is 1. The van der Waals surface area contributed by atoms with E-state index >= 15 is 0 Å². The molecule has 2 heterocycles. The molecular weight excluding hydrogens is 320 g/mol. The van der Waals surface area contributed by atoms with E-state index < -0.39 is 12.0 Å². The second-order valence-electron chi connectivity index (χ2n) is 6.55. The summed E-state index contributed by atoms with van der Waals surface area (Å²) >= 11 is 0. The maximum Gasteiger partial charge on any atom is 0.251 e. The van der Waals surface area contributed by atoms with Crippen molar-refractivity contribution in [1.82, 2.24) is 14.9 Å². The molecule has 1 aliphatic heterocycles. The second kappa shape index (κ2) is 6.58. The number of rotatable bonds is 2. The number of carbonyl (C=O) groups excluding carboxylic acids is 1. The highest BCUT2D eigenvalue weighted by atomic mass is 19.3. The van der Waals surface area contributed by atoms with Gasteiger partial charge in [-0.05, 0) is 19.8 Å². The molecule has 8 heteroatoms. The molecule has 1 saturated carbocycles. The lowest BCUT2D eigenvalue weighted by atomic mass is 9.85. The topological polar surface area (TPSA) is 75.3 Å². The number of carbonyl (C=O) groups is 1. The Morgan fingerprint density at radius 2 is 2.12 bits per heavy atom. The van der Waals surface area contributed by atoms with Crippen LogP contribution in [0.15, 0.2) is 10.9 Å². The van der Waals surface area contributed by atoms with Crippen molar-refractivity contribution in [2.75, 3.05) is 19.7 Å². The highest BCUT2D eigenvalue weighted by molar-refractivity contribution is 5.79. The maximum atomic E-state index is 13.3. The van der Waals surface area contributed by atoms with Crippen molar-refractivity contribution in [1.29, 1.82) is 0 Å². The van der Waals surface area contributed by atoms with Crippen molar-refractivity contribution in [3.63, 3.8) is 0 Å². The minimum atomic E-state index is -2.64. The van der Waals surface area contributed by atoms with Crippen molar-refractivity contribution >= 4 is 5.91 Å². The number of ether oxygens (including phenoxy) is 1. The lowest BCUT2D eigenvalue weighted by molar-refractivity contribution is -0.147. The van der Waals surface area contributed by atoms with E-state index in [1.54, 1.807) is 11.8 Å². The third kappa shape index (κ3) is 3.80. The number of alkyl halides is 2. The van der Waals surface area contributed by atoms with Crippen molar-refractivity contribution in [2.45, 2.75) is 44.6 Å². The van der Waals surface area contributed by atoms with Gasteiger partial charge in [-0.15, -0.1) is 0 Å². The van der Waals surface area contributed by atoms with Crippen LogP contribution in [-0.4, -0.2) is 46.4 Å².